The quantitative estimate of drug-likeness (QED) is 0.868. The Morgan fingerprint density at radius 2 is 2.05 bits per heavy atom. The average molecular weight is 299 g/mol. The number of benzene rings is 1. The average Bonchev–Trinajstić information content (AvgIpc) is 3.01. The van der Waals surface area contributed by atoms with Crippen LogP contribution in [0, 0.1) is 6.92 Å². The number of likely N-dealkylation sites (N-methyl/N-ethyl adjacent to an activating group) is 1. The third-order valence-electron chi connectivity index (χ3n) is 4.28. The third kappa shape index (κ3) is 2.45. The van der Waals surface area contributed by atoms with E-state index in [1.54, 1.807) is 4.90 Å². The molecule has 2 aromatic rings. The molecule has 0 bridgehead atoms. The number of hydrogen-bond donors (Lipinski definition) is 0. The molecule has 3 rings (SSSR count). The summed E-state index contributed by atoms with van der Waals surface area (Å²) in [6, 6.07) is 8.26. The van der Waals surface area contributed by atoms with E-state index in [0.29, 0.717) is 13.0 Å². The third-order valence-corrected chi connectivity index (χ3v) is 4.28. The maximum absolute atomic E-state index is 11.7. The van der Waals surface area contributed by atoms with Gasteiger partial charge in [-0.15, -0.1) is 10.2 Å². The number of carbonyl (C=O) groups excluding carboxylic acids is 1. The van der Waals surface area contributed by atoms with Crippen LogP contribution in [-0.2, 0) is 11.8 Å². The van der Waals surface area contributed by atoms with Crippen LogP contribution in [0.15, 0.2) is 24.3 Å². The van der Waals surface area contributed by atoms with Crippen LogP contribution in [0.4, 0.5) is 11.6 Å². The Hall–Kier alpha value is -2.37. The molecule has 1 saturated heterocycles. The molecule has 1 aromatic heterocycles. The zero-order valence-corrected chi connectivity index (χ0v) is 13.4. The van der Waals surface area contributed by atoms with Gasteiger partial charge in [0.05, 0.1) is 0 Å². The van der Waals surface area contributed by atoms with Crippen molar-refractivity contribution in [2.24, 2.45) is 7.05 Å². The summed E-state index contributed by atoms with van der Waals surface area (Å²) in [5, 5.41) is 8.65. The summed E-state index contributed by atoms with van der Waals surface area (Å²) in [5.41, 5.74) is 2.27. The predicted molar refractivity (Wildman–Crippen MR) is 85.2 cm³/mol. The normalized spacial score (nSPS) is 18.1. The van der Waals surface area contributed by atoms with Crippen molar-refractivity contribution in [1.82, 2.24) is 19.7 Å². The molecule has 22 heavy (non-hydrogen) atoms. The van der Waals surface area contributed by atoms with E-state index in [9.17, 15) is 4.79 Å². The lowest BCUT2D eigenvalue weighted by Crippen LogP contribution is -2.19. The standard InChI is InChI=1S/C16H21N5O/c1-11-6-5-7-13(8-11)20(3)16-18-17-15(21(16)4)12-9-14(22)19(2)10-12/h5-8,12H,9-10H2,1-4H3. The Kier molecular flexibility index (Phi) is 3.60. The molecule has 0 saturated carbocycles. The van der Waals surface area contributed by atoms with E-state index in [1.165, 1.54) is 5.56 Å². The van der Waals surface area contributed by atoms with E-state index in [1.807, 2.05) is 42.7 Å². The van der Waals surface area contributed by atoms with Gasteiger partial charge in [-0.2, -0.15) is 0 Å². The fraction of sp³-hybridized carbons (Fsp3) is 0.438. The maximum atomic E-state index is 11.7. The van der Waals surface area contributed by atoms with Crippen molar-refractivity contribution in [3.8, 4) is 0 Å². The van der Waals surface area contributed by atoms with Crippen LogP contribution in [0.2, 0.25) is 0 Å². The van der Waals surface area contributed by atoms with Gasteiger partial charge in [0.1, 0.15) is 5.82 Å². The summed E-state index contributed by atoms with van der Waals surface area (Å²) in [4.78, 5) is 15.5. The molecule has 1 fully saturated rings. The van der Waals surface area contributed by atoms with E-state index in [4.69, 9.17) is 0 Å². The van der Waals surface area contributed by atoms with Crippen molar-refractivity contribution in [1.29, 1.82) is 0 Å². The second-order valence-corrected chi connectivity index (χ2v) is 5.99. The van der Waals surface area contributed by atoms with Gasteiger partial charge in [-0.25, -0.2) is 0 Å². The minimum atomic E-state index is 0.120. The molecule has 6 nitrogen and oxygen atoms in total. The monoisotopic (exact) mass is 299 g/mol. The molecule has 1 aliphatic heterocycles. The summed E-state index contributed by atoms with van der Waals surface area (Å²) in [7, 11) is 5.77. The van der Waals surface area contributed by atoms with Gasteiger partial charge in [0.2, 0.25) is 11.9 Å². The lowest BCUT2D eigenvalue weighted by molar-refractivity contribution is -0.126. The van der Waals surface area contributed by atoms with Gasteiger partial charge in [-0.1, -0.05) is 12.1 Å². The van der Waals surface area contributed by atoms with Crippen molar-refractivity contribution in [2.75, 3.05) is 25.5 Å². The van der Waals surface area contributed by atoms with E-state index < -0.39 is 0 Å². The summed E-state index contributed by atoms with van der Waals surface area (Å²) < 4.78 is 1.99. The van der Waals surface area contributed by atoms with E-state index >= 15 is 0 Å². The number of carbonyl (C=O) groups is 1. The summed E-state index contributed by atoms with van der Waals surface area (Å²) >= 11 is 0. The van der Waals surface area contributed by atoms with Crippen molar-refractivity contribution in [3.05, 3.63) is 35.7 Å². The molecule has 1 amide bonds. The zero-order chi connectivity index (χ0) is 15.9. The molecule has 6 heteroatoms. The number of anilines is 2. The fourth-order valence-electron chi connectivity index (χ4n) is 2.97. The van der Waals surface area contributed by atoms with E-state index in [-0.39, 0.29) is 11.8 Å². The molecular weight excluding hydrogens is 278 g/mol. The second-order valence-electron chi connectivity index (χ2n) is 5.99. The Labute approximate surface area is 130 Å². The molecule has 0 radical (unpaired) electrons. The first kappa shape index (κ1) is 14.6. The largest absolute Gasteiger partial charge is 0.345 e. The number of rotatable bonds is 3. The number of hydrogen-bond acceptors (Lipinski definition) is 4. The highest BCUT2D eigenvalue weighted by atomic mass is 16.2. The second kappa shape index (κ2) is 5.44. The van der Waals surface area contributed by atoms with Crippen LogP contribution in [-0.4, -0.2) is 46.2 Å². The summed E-state index contributed by atoms with van der Waals surface area (Å²) in [6.45, 7) is 2.78. The number of nitrogens with zero attached hydrogens (tertiary/aromatic N) is 5. The lowest BCUT2D eigenvalue weighted by Gasteiger charge is -2.19. The van der Waals surface area contributed by atoms with Crippen LogP contribution in [0.25, 0.3) is 0 Å². The molecule has 1 atom stereocenters. The summed E-state index contributed by atoms with van der Waals surface area (Å²) in [5.74, 6) is 1.94. The van der Waals surface area contributed by atoms with Gasteiger partial charge in [0.25, 0.3) is 0 Å². The van der Waals surface area contributed by atoms with Crippen LogP contribution in [0.3, 0.4) is 0 Å². The van der Waals surface area contributed by atoms with Crippen LogP contribution >= 0.6 is 0 Å². The smallest absolute Gasteiger partial charge is 0.231 e. The fourth-order valence-corrected chi connectivity index (χ4v) is 2.97. The molecular formula is C16H21N5O. The zero-order valence-electron chi connectivity index (χ0n) is 13.4. The van der Waals surface area contributed by atoms with Crippen LogP contribution in [0.1, 0.15) is 23.7 Å². The van der Waals surface area contributed by atoms with Gasteiger partial charge in [-0.3, -0.25) is 9.36 Å². The number of amides is 1. The van der Waals surface area contributed by atoms with Gasteiger partial charge < -0.3 is 9.80 Å². The SMILES string of the molecule is Cc1cccc(N(C)c2nnc(C3CC(=O)N(C)C3)n2C)c1. The molecule has 0 N–H and O–H groups in total. The number of likely N-dealkylation sites (tertiary alicyclic amines) is 1. The Morgan fingerprint density at radius 1 is 1.27 bits per heavy atom. The maximum Gasteiger partial charge on any atom is 0.231 e. The first-order valence-corrected chi connectivity index (χ1v) is 7.41. The van der Waals surface area contributed by atoms with Crippen molar-refractivity contribution in [2.45, 2.75) is 19.3 Å². The van der Waals surface area contributed by atoms with Gasteiger partial charge >= 0.3 is 0 Å². The van der Waals surface area contributed by atoms with Gasteiger partial charge in [0.15, 0.2) is 0 Å². The first-order valence-electron chi connectivity index (χ1n) is 7.41. The highest BCUT2D eigenvalue weighted by Gasteiger charge is 2.32. The molecule has 0 spiro atoms. The van der Waals surface area contributed by atoms with Crippen molar-refractivity contribution < 1.29 is 4.79 Å². The van der Waals surface area contributed by atoms with E-state index in [0.717, 1.165) is 17.5 Å². The highest BCUT2D eigenvalue weighted by molar-refractivity contribution is 5.79. The highest BCUT2D eigenvalue weighted by Crippen LogP contribution is 2.29. The Balaban J connectivity index is 1.89. The number of aryl methyl sites for hydroxylation is 1. The molecule has 1 aliphatic rings. The van der Waals surface area contributed by atoms with Crippen LogP contribution in [0.5, 0.6) is 0 Å². The predicted octanol–water partition coefficient (Wildman–Crippen LogP) is 1.84. The van der Waals surface area contributed by atoms with Crippen molar-refractivity contribution in [3.63, 3.8) is 0 Å². The molecule has 0 aliphatic carbocycles. The Bertz CT molecular complexity index is 708. The lowest BCUT2D eigenvalue weighted by atomic mass is 10.1. The topological polar surface area (TPSA) is 54.3 Å². The van der Waals surface area contributed by atoms with Crippen LogP contribution < -0.4 is 4.90 Å². The minimum absolute atomic E-state index is 0.120. The minimum Gasteiger partial charge on any atom is -0.345 e. The Morgan fingerprint density at radius 3 is 2.68 bits per heavy atom. The van der Waals surface area contributed by atoms with E-state index in [2.05, 4.69) is 29.3 Å². The molecule has 1 unspecified atom stereocenters. The summed E-state index contributed by atoms with van der Waals surface area (Å²) in [6.07, 6.45) is 0.511. The number of aromatic nitrogens is 3. The molecule has 1 aromatic carbocycles. The molecule has 2 heterocycles. The van der Waals surface area contributed by atoms with Crippen molar-refractivity contribution >= 4 is 17.5 Å². The first-order chi connectivity index (χ1) is 10.5. The van der Waals surface area contributed by atoms with Gasteiger partial charge in [0, 0.05) is 45.7 Å². The molecule has 116 valence electrons. The van der Waals surface area contributed by atoms with Gasteiger partial charge in [-0.05, 0) is 24.6 Å².